The van der Waals surface area contributed by atoms with Crippen molar-refractivity contribution in [3.63, 3.8) is 0 Å². The van der Waals surface area contributed by atoms with Crippen molar-refractivity contribution in [1.29, 1.82) is 0 Å². The van der Waals surface area contributed by atoms with E-state index in [2.05, 4.69) is 5.43 Å². The number of rotatable bonds is 5. The van der Waals surface area contributed by atoms with Crippen LogP contribution < -0.4 is 16.0 Å². The standard InChI is InChI=1S/C16H18Cl2N2O/c1-10(2)21-12-6-3-5-11(9-12)16(20-19)13-7-4-8-14(17)15(13)18/h3-10,16,20H,19H2,1-2H3. The van der Waals surface area contributed by atoms with Crippen LogP contribution in [-0.4, -0.2) is 6.10 Å². The Morgan fingerprint density at radius 3 is 2.48 bits per heavy atom. The van der Waals surface area contributed by atoms with Crippen molar-refractivity contribution >= 4 is 23.2 Å². The lowest BCUT2D eigenvalue weighted by Gasteiger charge is -2.20. The summed E-state index contributed by atoms with van der Waals surface area (Å²) in [4.78, 5) is 0. The highest BCUT2D eigenvalue weighted by Gasteiger charge is 2.17. The van der Waals surface area contributed by atoms with Gasteiger partial charge in [-0.3, -0.25) is 5.84 Å². The van der Waals surface area contributed by atoms with E-state index in [0.717, 1.165) is 16.9 Å². The summed E-state index contributed by atoms with van der Waals surface area (Å²) in [7, 11) is 0. The van der Waals surface area contributed by atoms with Crippen LogP contribution in [0.2, 0.25) is 10.0 Å². The highest BCUT2D eigenvalue weighted by atomic mass is 35.5. The van der Waals surface area contributed by atoms with Crippen LogP contribution in [0.15, 0.2) is 42.5 Å². The molecule has 0 amide bonds. The number of halogens is 2. The second-order valence-electron chi connectivity index (χ2n) is 4.98. The zero-order valence-corrected chi connectivity index (χ0v) is 13.4. The molecule has 3 N–H and O–H groups in total. The number of hydrazine groups is 1. The molecule has 0 bridgehead atoms. The third-order valence-electron chi connectivity index (χ3n) is 3.02. The summed E-state index contributed by atoms with van der Waals surface area (Å²) < 4.78 is 5.71. The van der Waals surface area contributed by atoms with Crippen LogP contribution in [0.1, 0.15) is 31.0 Å². The summed E-state index contributed by atoms with van der Waals surface area (Å²) in [5, 5.41) is 1.00. The molecule has 0 aromatic heterocycles. The Kier molecular flexibility index (Phi) is 5.48. The number of nitrogens with one attached hydrogen (secondary N) is 1. The van der Waals surface area contributed by atoms with E-state index < -0.39 is 0 Å². The van der Waals surface area contributed by atoms with Crippen LogP contribution in [-0.2, 0) is 0 Å². The first kappa shape index (κ1) is 16.1. The van der Waals surface area contributed by atoms with Gasteiger partial charge in [-0.25, -0.2) is 5.43 Å². The Bertz CT molecular complexity index is 617. The minimum absolute atomic E-state index is 0.110. The van der Waals surface area contributed by atoms with Crippen LogP contribution in [0.25, 0.3) is 0 Å². The van der Waals surface area contributed by atoms with Crippen molar-refractivity contribution in [3.8, 4) is 5.75 Å². The summed E-state index contributed by atoms with van der Waals surface area (Å²) in [6.45, 7) is 3.97. The van der Waals surface area contributed by atoms with E-state index >= 15 is 0 Å². The van der Waals surface area contributed by atoms with E-state index in [-0.39, 0.29) is 12.1 Å². The molecule has 5 heteroatoms. The zero-order chi connectivity index (χ0) is 15.4. The minimum Gasteiger partial charge on any atom is -0.491 e. The number of ether oxygens (including phenoxy) is 1. The molecule has 0 saturated heterocycles. The van der Waals surface area contributed by atoms with Crippen LogP contribution in [0.5, 0.6) is 5.75 Å². The molecule has 0 saturated carbocycles. The fourth-order valence-electron chi connectivity index (χ4n) is 2.15. The van der Waals surface area contributed by atoms with Gasteiger partial charge in [-0.05, 0) is 43.2 Å². The normalized spacial score (nSPS) is 12.5. The lowest BCUT2D eigenvalue weighted by atomic mass is 9.99. The molecule has 1 atom stereocenters. The fourth-order valence-corrected chi connectivity index (χ4v) is 2.57. The van der Waals surface area contributed by atoms with Crippen molar-refractivity contribution in [3.05, 3.63) is 63.6 Å². The van der Waals surface area contributed by atoms with Gasteiger partial charge in [-0.2, -0.15) is 0 Å². The highest BCUT2D eigenvalue weighted by molar-refractivity contribution is 6.42. The van der Waals surface area contributed by atoms with E-state index in [0.29, 0.717) is 10.0 Å². The summed E-state index contributed by atoms with van der Waals surface area (Å²) in [5.41, 5.74) is 4.57. The molecule has 0 radical (unpaired) electrons. The Hall–Kier alpha value is -1.26. The van der Waals surface area contributed by atoms with E-state index in [9.17, 15) is 0 Å². The molecule has 0 fully saturated rings. The molecule has 1 unspecified atom stereocenters. The number of benzene rings is 2. The van der Waals surface area contributed by atoms with Gasteiger partial charge in [0.25, 0.3) is 0 Å². The van der Waals surface area contributed by atoms with Crippen molar-refractivity contribution in [2.75, 3.05) is 0 Å². The molecular weight excluding hydrogens is 307 g/mol. The van der Waals surface area contributed by atoms with Gasteiger partial charge in [-0.15, -0.1) is 0 Å². The Morgan fingerprint density at radius 2 is 1.81 bits per heavy atom. The summed E-state index contributed by atoms with van der Waals surface area (Å²) >= 11 is 12.4. The van der Waals surface area contributed by atoms with E-state index in [1.54, 1.807) is 6.07 Å². The Labute approximate surface area is 135 Å². The maximum absolute atomic E-state index is 6.28. The molecule has 2 aromatic carbocycles. The van der Waals surface area contributed by atoms with E-state index in [4.69, 9.17) is 33.8 Å². The monoisotopic (exact) mass is 324 g/mol. The third-order valence-corrected chi connectivity index (χ3v) is 3.86. The largest absolute Gasteiger partial charge is 0.491 e. The summed E-state index contributed by atoms with van der Waals surface area (Å²) in [6, 6.07) is 13.0. The molecule has 112 valence electrons. The fraction of sp³-hybridized carbons (Fsp3) is 0.250. The van der Waals surface area contributed by atoms with Gasteiger partial charge in [0.1, 0.15) is 5.75 Å². The van der Waals surface area contributed by atoms with Crippen LogP contribution in [0, 0.1) is 0 Å². The molecule has 0 aliphatic heterocycles. The van der Waals surface area contributed by atoms with Crippen LogP contribution >= 0.6 is 23.2 Å². The average molecular weight is 325 g/mol. The Morgan fingerprint density at radius 1 is 1.10 bits per heavy atom. The lowest BCUT2D eigenvalue weighted by Crippen LogP contribution is -2.29. The van der Waals surface area contributed by atoms with Crippen molar-refractivity contribution < 1.29 is 4.74 Å². The van der Waals surface area contributed by atoms with Gasteiger partial charge in [-0.1, -0.05) is 47.5 Å². The van der Waals surface area contributed by atoms with Gasteiger partial charge in [0.2, 0.25) is 0 Å². The van der Waals surface area contributed by atoms with Crippen molar-refractivity contribution in [2.24, 2.45) is 5.84 Å². The first-order chi connectivity index (χ1) is 10.0. The van der Waals surface area contributed by atoms with E-state index in [1.165, 1.54) is 0 Å². The quantitative estimate of drug-likeness (QED) is 0.635. The van der Waals surface area contributed by atoms with Crippen LogP contribution in [0.3, 0.4) is 0 Å². The maximum Gasteiger partial charge on any atom is 0.120 e. The number of hydrogen-bond donors (Lipinski definition) is 2. The van der Waals surface area contributed by atoms with E-state index in [1.807, 2.05) is 50.2 Å². The zero-order valence-electron chi connectivity index (χ0n) is 11.9. The van der Waals surface area contributed by atoms with Gasteiger partial charge in [0.15, 0.2) is 0 Å². The SMILES string of the molecule is CC(C)Oc1cccc(C(NN)c2cccc(Cl)c2Cl)c1. The van der Waals surface area contributed by atoms with Gasteiger partial charge < -0.3 is 4.74 Å². The molecule has 2 rings (SSSR count). The molecular formula is C16H18Cl2N2O. The van der Waals surface area contributed by atoms with Crippen molar-refractivity contribution in [1.82, 2.24) is 5.43 Å². The number of nitrogens with two attached hydrogens (primary N) is 1. The van der Waals surface area contributed by atoms with Gasteiger partial charge in [0.05, 0.1) is 22.2 Å². The predicted molar refractivity (Wildman–Crippen MR) is 87.8 cm³/mol. The Balaban J connectivity index is 2.39. The smallest absolute Gasteiger partial charge is 0.120 e. The topological polar surface area (TPSA) is 47.3 Å². The molecule has 3 nitrogen and oxygen atoms in total. The third kappa shape index (κ3) is 3.89. The molecule has 2 aromatic rings. The second kappa shape index (κ2) is 7.14. The predicted octanol–water partition coefficient (Wildman–Crippen LogP) is 4.33. The highest BCUT2D eigenvalue weighted by Crippen LogP contribution is 2.33. The molecule has 0 aliphatic carbocycles. The minimum atomic E-state index is -0.257. The first-order valence-corrected chi connectivity index (χ1v) is 7.45. The van der Waals surface area contributed by atoms with Crippen molar-refractivity contribution in [2.45, 2.75) is 26.0 Å². The summed E-state index contributed by atoms with van der Waals surface area (Å²) in [6.07, 6.45) is 0.110. The summed E-state index contributed by atoms with van der Waals surface area (Å²) in [5.74, 6) is 6.51. The molecule has 21 heavy (non-hydrogen) atoms. The maximum atomic E-state index is 6.28. The number of hydrogen-bond acceptors (Lipinski definition) is 3. The van der Waals surface area contributed by atoms with Crippen LogP contribution in [0.4, 0.5) is 0 Å². The van der Waals surface area contributed by atoms with Gasteiger partial charge in [0, 0.05) is 0 Å². The first-order valence-electron chi connectivity index (χ1n) is 6.69. The second-order valence-corrected chi connectivity index (χ2v) is 5.77. The molecule has 0 heterocycles. The average Bonchev–Trinajstić information content (AvgIpc) is 2.44. The molecule has 0 spiro atoms. The molecule has 0 aliphatic rings. The lowest BCUT2D eigenvalue weighted by molar-refractivity contribution is 0.242. The van der Waals surface area contributed by atoms with Gasteiger partial charge >= 0.3 is 0 Å².